The predicted octanol–water partition coefficient (Wildman–Crippen LogP) is 3.39. The Bertz CT molecular complexity index is 353. The van der Waals surface area contributed by atoms with Crippen LogP contribution in [-0.2, 0) is 0 Å². The van der Waals surface area contributed by atoms with Gasteiger partial charge in [0.2, 0.25) is 0 Å². The minimum atomic E-state index is -0.325. The van der Waals surface area contributed by atoms with E-state index in [9.17, 15) is 9.90 Å². The van der Waals surface area contributed by atoms with Gasteiger partial charge in [0, 0.05) is 25.0 Å². The number of piperidine rings is 1. The van der Waals surface area contributed by atoms with Crippen molar-refractivity contribution in [3.63, 3.8) is 0 Å². The normalized spacial score (nSPS) is 28.0. The molecule has 0 aromatic heterocycles. The second-order valence-electron chi connectivity index (χ2n) is 7.58. The molecule has 1 saturated carbocycles. The summed E-state index contributed by atoms with van der Waals surface area (Å²) in [6.07, 6.45) is 8.39. The fraction of sp³-hybridized carbons (Fsp3) is 0.944. The van der Waals surface area contributed by atoms with Gasteiger partial charge < -0.3 is 15.3 Å². The summed E-state index contributed by atoms with van der Waals surface area (Å²) in [5.41, 5.74) is 0. The lowest BCUT2D eigenvalue weighted by Crippen LogP contribution is -2.51. The molecule has 0 radical (unpaired) electrons. The first-order chi connectivity index (χ1) is 10.5. The number of likely N-dealkylation sites (tertiary alicyclic amines) is 1. The van der Waals surface area contributed by atoms with Crippen molar-refractivity contribution >= 4 is 6.03 Å². The van der Waals surface area contributed by atoms with Gasteiger partial charge in [0.15, 0.2) is 0 Å². The molecule has 1 heterocycles. The van der Waals surface area contributed by atoms with Crippen LogP contribution in [0.4, 0.5) is 4.79 Å². The molecule has 2 rings (SSSR count). The van der Waals surface area contributed by atoms with Crippen LogP contribution in [0, 0.1) is 17.8 Å². The summed E-state index contributed by atoms with van der Waals surface area (Å²) in [5, 5.41) is 13.0. The van der Waals surface area contributed by atoms with Crippen LogP contribution in [0.5, 0.6) is 0 Å². The van der Waals surface area contributed by atoms with E-state index in [-0.39, 0.29) is 24.1 Å². The third-order valence-electron chi connectivity index (χ3n) is 5.96. The molecule has 4 atom stereocenters. The van der Waals surface area contributed by atoms with Crippen LogP contribution in [0.3, 0.4) is 0 Å². The van der Waals surface area contributed by atoms with Gasteiger partial charge in [-0.25, -0.2) is 4.79 Å². The number of rotatable bonds is 4. The van der Waals surface area contributed by atoms with Gasteiger partial charge in [-0.15, -0.1) is 0 Å². The van der Waals surface area contributed by atoms with E-state index in [2.05, 4.69) is 19.2 Å². The van der Waals surface area contributed by atoms with Gasteiger partial charge in [0.25, 0.3) is 0 Å². The lowest BCUT2D eigenvalue weighted by molar-refractivity contribution is 0.0724. The maximum Gasteiger partial charge on any atom is 0.317 e. The average molecular weight is 310 g/mol. The minimum absolute atomic E-state index is 0.0560. The average Bonchev–Trinajstić information content (AvgIpc) is 2.54. The van der Waals surface area contributed by atoms with Crippen molar-refractivity contribution in [2.24, 2.45) is 17.8 Å². The molecular weight excluding hydrogens is 276 g/mol. The summed E-state index contributed by atoms with van der Waals surface area (Å²) in [6.45, 7) is 7.77. The summed E-state index contributed by atoms with van der Waals surface area (Å²) >= 11 is 0. The van der Waals surface area contributed by atoms with Crippen LogP contribution < -0.4 is 5.32 Å². The SMILES string of the molecule is CC(O)C1CCCN(C(=O)NC(C)C(C)C2CCCCC2)C1. The Morgan fingerprint density at radius 3 is 2.32 bits per heavy atom. The van der Waals surface area contributed by atoms with E-state index in [1.807, 2.05) is 11.8 Å². The number of nitrogens with one attached hydrogen (secondary N) is 1. The summed E-state index contributed by atoms with van der Waals surface area (Å²) in [4.78, 5) is 14.4. The van der Waals surface area contributed by atoms with E-state index in [4.69, 9.17) is 0 Å². The summed E-state index contributed by atoms with van der Waals surface area (Å²) in [5.74, 6) is 1.53. The maximum absolute atomic E-state index is 12.5. The lowest BCUT2D eigenvalue weighted by Gasteiger charge is -2.37. The van der Waals surface area contributed by atoms with E-state index in [1.54, 1.807) is 0 Å². The zero-order valence-electron chi connectivity index (χ0n) is 14.6. The van der Waals surface area contributed by atoms with Crippen LogP contribution in [0.2, 0.25) is 0 Å². The molecule has 0 aromatic carbocycles. The number of amides is 2. The Hall–Kier alpha value is -0.770. The fourth-order valence-electron chi connectivity index (χ4n) is 4.07. The first kappa shape index (κ1) is 17.6. The van der Waals surface area contributed by atoms with Crippen LogP contribution in [0.1, 0.15) is 65.7 Å². The number of hydrogen-bond acceptors (Lipinski definition) is 2. The van der Waals surface area contributed by atoms with E-state index >= 15 is 0 Å². The van der Waals surface area contributed by atoms with Crippen molar-refractivity contribution in [1.82, 2.24) is 10.2 Å². The van der Waals surface area contributed by atoms with E-state index in [0.29, 0.717) is 12.5 Å². The summed E-state index contributed by atoms with van der Waals surface area (Å²) < 4.78 is 0. The van der Waals surface area contributed by atoms with Crippen LogP contribution in [0.25, 0.3) is 0 Å². The van der Waals surface area contributed by atoms with E-state index in [1.165, 1.54) is 32.1 Å². The number of hydrogen-bond donors (Lipinski definition) is 2. The zero-order chi connectivity index (χ0) is 16.1. The summed E-state index contributed by atoms with van der Waals surface area (Å²) in [6, 6.07) is 0.281. The van der Waals surface area contributed by atoms with Gasteiger partial charge in [-0.05, 0) is 38.5 Å². The highest BCUT2D eigenvalue weighted by molar-refractivity contribution is 5.74. The Morgan fingerprint density at radius 1 is 1.05 bits per heavy atom. The largest absolute Gasteiger partial charge is 0.393 e. The first-order valence-corrected chi connectivity index (χ1v) is 9.22. The molecule has 4 heteroatoms. The highest BCUT2D eigenvalue weighted by atomic mass is 16.3. The van der Waals surface area contributed by atoms with Crippen LogP contribution >= 0.6 is 0 Å². The Morgan fingerprint density at radius 2 is 1.68 bits per heavy atom. The molecule has 1 aliphatic carbocycles. The zero-order valence-corrected chi connectivity index (χ0v) is 14.6. The molecule has 128 valence electrons. The third kappa shape index (κ3) is 4.61. The number of aliphatic hydroxyl groups is 1. The number of urea groups is 1. The lowest BCUT2D eigenvalue weighted by atomic mass is 9.78. The van der Waals surface area contributed by atoms with Crippen LogP contribution in [-0.4, -0.2) is 41.3 Å². The maximum atomic E-state index is 12.5. The molecule has 2 fully saturated rings. The second-order valence-corrected chi connectivity index (χ2v) is 7.58. The highest BCUT2D eigenvalue weighted by Crippen LogP contribution is 2.31. The van der Waals surface area contributed by atoms with Crippen molar-refractivity contribution in [3.05, 3.63) is 0 Å². The number of nitrogens with zero attached hydrogens (tertiary/aromatic N) is 1. The highest BCUT2D eigenvalue weighted by Gasteiger charge is 2.29. The Labute approximate surface area is 135 Å². The van der Waals surface area contributed by atoms with Gasteiger partial charge in [-0.3, -0.25) is 0 Å². The number of carbonyl (C=O) groups excluding carboxylic acids is 1. The van der Waals surface area contributed by atoms with E-state index in [0.717, 1.165) is 25.3 Å². The van der Waals surface area contributed by atoms with Crippen molar-refractivity contribution in [1.29, 1.82) is 0 Å². The molecule has 2 amide bonds. The van der Waals surface area contributed by atoms with Crippen molar-refractivity contribution in [3.8, 4) is 0 Å². The fourth-order valence-corrected chi connectivity index (χ4v) is 4.07. The number of aliphatic hydroxyl groups excluding tert-OH is 1. The molecule has 4 nitrogen and oxygen atoms in total. The Balaban J connectivity index is 1.82. The Kier molecular flexibility index (Phi) is 6.54. The van der Waals surface area contributed by atoms with Gasteiger partial charge in [-0.1, -0.05) is 39.0 Å². The molecule has 0 bridgehead atoms. The van der Waals surface area contributed by atoms with Crippen molar-refractivity contribution in [2.75, 3.05) is 13.1 Å². The predicted molar refractivity (Wildman–Crippen MR) is 89.7 cm³/mol. The molecule has 1 aliphatic heterocycles. The van der Waals surface area contributed by atoms with Gasteiger partial charge >= 0.3 is 6.03 Å². The molecule has 0 aromatic rings. The summed E-state index contributed by atoms with van der Waals surface area (Å²) in [7, 11) is 0. The first-order valence-electron chi connectivity index (χ1n) is 9.22. The molecular formula is C18H34N2O2. The molecule has 2 N–H and O–H groups in total. The molecule has 2 aliphatic rings. The standard InChI is InChI=1S/C18H34N2O2/c1-13(16-8-5-4-6-9-16)14(2)19-18(22)20-11-7-10-17(12-20)15(3)21/h13-17,21H,4-12H2,1-3H3,(H,19,22). The monoisotopic (exact) mass is 310 g/mol. The number of carbonyl (C=O) groups is 1. The van der Waals surface area contributed by atoms with Crippen molar-refractivity contribution < 1.29 is 9.90 Å². The molecule has 4 unspecified atom stereocenters. The second kappa shape index (κ2) is 8.19. The van der Waals surface area contributed by atoms with E-state index < -0.39 is 0 Å². The quantitative estimate of drug-likeness (QED) is 0.836. The molecule has 1 saturated heterocycles. The van der Waals surface area contributed by atoms with Gasteiger partial charge in [0.05, 0.1) is 6.10 Å². The minimum Gasteiger partial charge on any atom is -0.393 e. The molecule has 0 spiro atoms. The third-order valence-corrected chi connectivity index (χ3v) is 5.96. The van der Waals surface area contributed by atoms with Crippen LogP contribution in [0.15, 0.2) is 0 Å². The van der Waals surface area contributed by atoms with Gasteiger partial charge in [-0.2, -0.15) is 0 Å². The smallest absolute Gasteiger partial charge is 0.317 e. The molecule has 22 heavy (non-hydrogen) atoms. The topological polar surface area (TPSA) is 52.6 Å². The van der Waals surface area contributed by atoms with Gasteiger partial charge in [0.1, 0.15) is 0 Å². The van der Waals surface area contributed by atoms with Crippen molar-refractivity contribution in [2.45, 2.75) is 77.9 Å².